The molecule has 0 aliphatic carbocycles. The molecule has 0 saturated heterocycles. The summed E-state index contributed by atoms with van der Waals surface area (Å²) in [6.45, 7) is 5.49. The number of rotatable bonds is 4. The average Bonchev–Trinajstić information content (AvgIpc) is 2.67. The lowest BCUT2D eigenvalue weighted by Gasteiger charge is -2.07. The van der Waals surface area contributed by atoms with Gasteiger partial charge in [0.1, 0.15) is 0 Å². The standard InChI is InChI=1S/C13H16N4O2/c1-8(13(18)19)7-11-9(2)16-17(10(11)3)12-5-4-6-14-15-12/h4-6,8H,7H2,1-3H3,(H,18,19). The molecule has 2 aromatic heterocycles. The van der Waals surface area contributed by atoms with Crippen molar-refractivity contribution < 1.29 is 9.90 Å². The summed E-state index contributed by atoms with van der Waals surface area (Å²) in [5.74, 6) is -0.597. The number of aryl methyl sites for hydroxylation is 1. The minimum Gasteiger partial charge on any atom is -0.481 e. The molecule has 0 bridgehead atoms. The summed E-state index contributed by atoms with van der Waals surface area (Å²) in [6, 6.07) is 3.61. The van der Waals surface area contributed by atoms with Gasteiger partial charge >= 0.3 is 5.97 Å². The summed E-state index contributed by atoms with van der Waals surface area (Å²) in [7, 11) is 0. The molecule has 2 heterocycles. The summed E-state index contributed by atoms with van der Waals surface area (Å²) in [6.07, 6.45) is 2.07. The largest absolute Gasteiger partial charge is 0.481 e. The number of nitrogens with zero attached hydrogens (tertiary/aromatic N) is 4. The molecule has 2 rings (SSSR count). The second-order valence-electron chi connectivity index (χ2n) is 4.59. The van der Waals surface area contributed by atoms with Crippen LogP contribution in [0.25, 0.3) is 5.82 Å². The molecule has 0 spiro atoms. The van der Waals surface area contributed by atoms with Crippen LogP contribution in [0.3, 0.4) is 0 Å². The number of aliphatic carboxylic acids is 1. The predicted molar refractivity (Wildman–Crippen MR) is 69.1 cm³/mol. The Labute approximate surface area is 111 Å². The van der Waals surface area contributed by atoms with E-state index in [2.05, 4.69) is 15.3 Å². The van der Waals surface area contributed by atoms with Crippen LogP contribution in [0, 0.1) is 19.8 Å². The molecule has 100 valence electrons. The van der Waals surface area contributed by atoms with Crippen LogP contribution in [0.5, 0.6) is 0 Å². The molecule has 2 aromatic rings. The highest BCUT2D eigenvalue weighted by Crippen LogP contribution is 2.19. The monoisotopic (exact) mass is 260 g/mol. The van der Waals surface area contributed by atoms with Crippen LogP contribution in [-0.4, -0.2) is 31.1 Å². The third-order valence-corrected chi connectivity index (χ3v) is 3.15. The van der Waals surface area contributed by atoms with Crippen LogP contribution in [0.15, 0.2) is 18.3 Å². The van der Waals surface area contributed by atoms with Gasteiger partial charge in [-0.3, -0.25) is 4.79 Å². The van der Waals surface area contributed by atoms with E-state index in [-0.39, 0.29) is 0 Å². The Bertz CT molecular complexity index is 592. The maximum Gasteiger partial charge on any atom is 0.306 e. The van der Waals surface area contributed by atoms with E-state index in [1.807, 2.05) is 19.9 Å². The van der Waals surface area contributed by atoms with Crippen molar-refractivity contribution in [2.75, 3.05) is 0 Å². The van der Waals surface area contributed by atoms with Crippen molar-refractivity contribution in [3.63, 3.8) is 0 Å². The SMILES string of the molecule is Cc1nn(-c2cccnn2)c(C)c1CC(C)C(=O)O. The van der Waals surface area contributed by atoms with Gasteiger partial charge in [-0.2, -0.15) is 10.2 Å². The van der Waals surface area contributed by atoms with Crippen molar-refractivity contribution in [1.82, 2.24) is 20.0 Å². The second kappa shape index (κ2) is 5.17. The molecule has 0 aliphatic rings. The van der Waals surface area contributed by atoms with Gasteiger partial charge in [0.05, 0.1) is 11.6 Å². The molecule has 0 fully saturated rings. The first-order valence-electron chi connectivity index (χ1n) is 6.06. The van der Waals surface area contributed by atoms with Gasteiger partial charge in [-0.1, -0.05) is 6.92 Å². The molecular weight excluding hydrogens is 244 g/mol. The van der Waals surface area contributed by atoms with Crippen LogP contribution >= 0.6 is 0 Å². The lowest BCUT2D eigenvalue weighted by atomic mass is 10.00. The van der Waals surface area contributed by atoms with Crippen molar-refractivity contribution >= 4 is 5.97 Å². The first kappa shape index (κ1) is 13.2. The Kier molecular flexibility index (Phi) is 3.59. The van der Waals surface area contributed by atoms with E-state index in [1.54, 1.807) is 23.9 Å². The van der Waals surface area contributed by atoms with E-state index < -0.39 is 11.9 Å². The normalized spacial score (nSPS) is 12.4. The zero-order valence-corrected chi connectivity index (χ0v) is 11.2. The fraction of sp³-hybridized carbons (Fsp3) is 0.385. The minimum atomic E-state index is -0.800. The summed E-state index contributed by atoms with van der Waals surface area (Å²) in [4.78, 5) is 11.0. The number of carboxylic acids is 1. The molecule has 0 radical (unpaired) electrons. The van der Waals surface area contributed by atoms with Crippen molar-refractivity contribution in [1.29, 1.82) is 0 Å². The number of carboxylic acid groups (broad SMARTS) is 1. The maximum atomic E-state index is 11.0. The topological polar surface area (TPSA) is 80.9 Å². The Balaban J connectivity index is 2.38. The molecule has 6 heteroatoms. The molecule has 1 N–H and O–H groups in total. The second-order valence-corrected chi connectivity index (χ2v) is 4.59. The Morgan fingerprint density at radius 1 is 1.47 bits per heavy atom. The number of hydrogen-bond donors (Lipinski definition) is 1. The van der Waals surface area contributed by atoms with Crippen molar-refractivity contribution in [2.24, 2.45) is 5.92 Å². The molecular formula is C13H16N4O2. The van der Waals surface area contributed by atoms with Gasteiger partial charge < -0.3 is 5.11 Å². The number of hydrogen-bond acceptors (Lipinski definition) is 4. The predicted octanol–water partition coefficient (Wildman–Crippen LogP) is 1.54. The lowest BCUT2D eigenvalue weighted by molar-refractivity contribution is -0.141. The Hall–Kier alpha value is -2.24. The van der Waals surface area contributed by atoms with Crippen molar-refractivity contribution in [2.45, 2.75) is 27.2 Å². The molecule has 0 saturated carbocycles. The fourth-order valence-electron chi connectivity index (χ4n) is 1.99. The van der Waals surface area contributed by atoms with E-state index in [0.717, 1.165) is 17.0 Å². The Morgan fingerprint density at radius 3 is 2.79 bits per heavy atom. The third-order valence-electron chi connectivity index (χ3n) is 3.15. The maximum absolute atomic E-state index is 11.0. The van der Waals surface area contributed by atoms with Crippen molar-refractivity contribution in [3.8, 4) is 5.82 Å². The third kappa shape index (κ3) is 2.62. The van der Waals surface area contributed by atoms with Crippen molar-refractivity contribution in [3.05, 3.63) is 35.3 Å². The highest BCUT2D eigenvalue weighted by Gasteiger charge is 2.19. The average molecular weight is 260 g/mol. The molecule has 1 unspecified atom stereocenters. The molecule has 19 heavy (non-hydrogen) atoms. The quantitative estimate of drug-likeness (QED) is 0.901. The van der Waals surface area contributed by atoms with Gasteiger partial charge in [-0.05, 0) is 38.0 Å². The van der Waals surface area contributed by atoms with Gasteiger partial charge in [0, 0.05) is 11.9 Å². The minimum absolute atomic E-state index is 0.433. The lowest BCUT2D eigenvalue weighted by Crippen LogP contribution is -2.13. The highest BCUT2D eigenvalue weighted by atomic mass is 16.4. The van der Waals surface area contributed by atoms with E-state index in [0.29, 0.717) is 12.2 Å². The summed E-state index contributed by atoms with van der Waals surface area (Å²) < 4.78 is 1.70. The summed E-state index contributed by atoms with van der Waals surface area (Å²) in [5, 5.41) is 21.3. The van der Waals surface area contributed by atoms with Gasteiger partial charge in [0.25, 0.3) is 0 Å². The summed E-state index contributed by atoms with van der Waals surface area (Å²) >= 11 is 0. The van der Waals surface area contributed by atoms with E-state index in [9.17, 15) is 4.79 Å². The van der Waals surface area contributed by atoms with Crippen LogP contribution in [0.4, 0.5) is 0 Å². The fourth-order valence-corrected chi connectivity index (χ4v) is 1.99. The van der Waals surface area contributed by atoms with E-state index in [4.69, 9.17) is 5.11 Å². The van der Waals surface area contributed by atoms with E-state index >= 15 is 0 Å². The van der Waals surface area contributed by atoms with Crippen LogP contribution in [0.2, 0.25) is 0 Å². The first-order valence-corrected chi connectivity index (χ1v) is 6.06. The van der Waals surface area contributed by atoms with Gasteiger partial charge in [0.2, 0.25) is 0 Å². The molecule has 0 amide bonds. The van der Waals surface area contributed by atoms with Crippen LogP contribution in [-0.2, 0) is 11.2 Å². The van der Waals surface area contributed by atoms with Gasteiger partial charge in [-0.15, -0.1) is 5.10 Å². The zero-order chi connectivity index (χ0) is 14.0. The number of aromatic nitrogens is 4. The van der Waals surface area contributed by atoms with Crippen LogP contribution in [0.1, 0.15) is 23.9 Å². The summed E-state index contributed by atoms with van der Waals surface area (Å²) in [5.41, 5.74) is 2.70. The molecule has 6 nitrogen and oxygen atoms in total. The Morgan fingerprint density at radius 2 is 2.21 bits per heavy atom. The highest BCUT2D eigenvalue weighted by molar-refractivity contribution is 5.70. The molecule has 0 aromatic carbocycles. The van der Waals surface area contributed by atoms with Gasteiger partial charge in [0.15, 0.2) is 5.82 Å². The first-order chi connectivity index (χ1) is 9.00. The molecule has 1 atom stereocenters. The smallest absolute Gasteiger partial charge is 0.306 e. The number of carbonyl (C=O) groups is 1. The molecule has 0 aliphatic heterocycles. The van der Waals surface area contributed by atoms with Crippen LogP contribution < -0.4 is 0 Å². The zero-order valence-electron chi connectivity index (χ0n) is 11.2. The van der Waals surface area contributed by atoms with E-state index in [1.165, 1.54) is 0 Å². The van der Waals surface area contributed by atoms with Gasteiger partial charge in [-0.25, -0.2) is 4.68 Å².